The van der Waals surface area contributed by atoms with Gasteiger partial charge in [0.2, 0.25) is 0 Å². The number of rotatable bonds is 8. The van der Waals surface area contributed by atoms with Crippen molar-refractivity contribution in [3.05, 3.63) is 0 Å². The van der Waals surface area contributed by atoms with Gasteiger partial charge in [-0.25, -0.2) is 0 Å². The fourth-order valence-electron chi connectivity index (χ4n) is 1.41. The van der Waals surface area contributed by atoms with Crippen LogP contribution >= 0.6 is 0 Å². The second kappa shape index (κ2) is 8.52. The van der Waals surface area contributed by atoms with Gasteiger partial charge in [-0.1, -0.05) is 20.8 Å². The van der Waals surface area contributed by atoms with E-state index in [1.54, 1.807) is 0 Å². The minimum absolute atomic E-state index is 0.667. The lowest BCUT2D eigenvalue weighted by Crippen LogP contribution is -2.32. The van der Waals surface area contributed by atoms with Crippen LogP contribution in [0.5, 0.6) is 0 Å². The topological polar surface area (TPSA) is 15.3 Å². The minimum atomic E-state index is 0.667. The molecule has 2 nitrogen and oxygen atoms in total. The van der Waals surface area contributed by atoms with Gasteiger partial charge in [0, 0.05) is 6.04 Å². The molecule has 0 aliphatic carbocycles. The third kappa shape index (κ3) is 7.03. The molecule has 80 valence electrons. The fourth-order valence-corrected chi connectivity index (χ4v) is 1.41. The highest BCUT2D eigenvalue weighted by Crippen LogP contribution is 1.95. The Labute approximate surface area is 83.7 Å². The predicted molar refractivity (Wildman–Crippen MR) is 60.2 cm³/mol. The highest BCUT2D eigenvalue weighted by atomic mass is 15.1. The summed E-state index contributed by atoms with van der Waals surface area (Å²) in [6.07, 6.45) is 2.50. The third-order valence-electron chi connectivity index (χ3n) is 2.52. The van der Waals surface area contributed by atoms with Crippen molar-refractivity contribution in [3.63, 3.8) is 0 Å². The minimum Gasteiger partial charge on any atom is -0.314 e. The lowest BCUT2D eigenvalue weighted by Gasteiger charge is -2.21. The van der Waals surface area contributed by atoms with Crippen molar-refractivity contribution in [1.29, 1.82) is 0 Å². The van der Waals surface area contributed by atoms with Gasteiger partial charge < -0.3 is 10.2 Å². The number of nitrogens with one attached hydrogen (secondary N) is 1. The van der Waals surface area contributed by atoms with E-state index in [1.807, 2.05) is 0 Å². The highest BCUT2D eigenvalue weighted by Gasteiger charge is 2.03. The average molecular weight is 186 g/mol. The Morgan fingerprint density at radius 1 is 1.15 bits per heavy atom. The summed E-state index contributed by atoms with van der Waals surface area (Å²) in [6.45, 7) is 13.7. The number of nitrogens with zero attached hydrogens (tertiary/aromatic N) is 1. The summed E-state index contributed by atoms with van der Waals surface area (Å²) in [7, 11) is 0. The molecule has 0 fully saturated rings. The van der Waals surface area contributed by atoms with Crippen molar-refractivity contribution in [2.45, 2.75) is 46.6 Å². The molecule has 0 rings (SSSR count). The summed E-state index contributed by atoms with van der Waals surface area (Å²) in [6, 6.07) is 0.667. The van der Waals surface area contributed by atoms with Crippen molar-refractivity contribution < 1.29 is 0 Å². The van der Waals surface area contributed by atoms with Crippen molar-refractivity contribution in [1.82, 2.24) is 10.2 Å². The van der Waals surface area contributed by atoms with Crippen LogP contribution in [-0.4, -0.2) is 37.1 Å². The zero-order valence-electron chi connectivity index (χ0n) is 9.77. The van der Waals surface area contributed by atoms with E-state index in [0.29, 0.717) is 6.04 Å². The van der Waals surface area contributed by atoms with E-state index in [2.05, 4.69) is 37.9 Å². The maximum Gasteiger partial charge on any atom is 0.00508 e. The van der Waals surface area contributed by atoms with Gasteiger partial charge in [-0.3, -0.25) is 0 Å². The normalized spacial score (nSPS) is 13.6. The molecule has 0 aromatic rings. The van der Waals surface area contributed by atoms with E-state index in [4.69, 9.17) is 0 Å². The monoisotopic (exact) mass is 186 g/mol. The van der Waals surface area contributed by atoms with Gasteiger partial charge in [0.15, 0.2) is 0 Å². The van der Waals surface area contributed by atoms with E-state index in [-0.39, 0.29) is 0 Å². The highest BCUT2D eigenvalue weighted by molar-refractivity contribution is 4.63. The lowest BCUT2D eigenvalue weighted by atomic mass is 10.2. The molecular weight excluding hydrogens is 160 g/mol. The summed E-state index contributed by atoms with van der Waals surface area (Å²) in [5, 5.41) is 3.51. The molecule has 0 bridgehead atoms. The van der Waals surface area contributed by atoms with Crippen LogP contribution in [0, 0.1) is 0 Å². The maximum absolute atomic E-state index is 3.51. The van der Waals surface area contributed by atoms with Crippen LogP contribution in [0.2, 0.25) is 0 Å². The summed E-state index contributed by atoms with van der Waals surface area (Å²) >= 11 is 0. The molecule has 0 aliphatic heterocycles. The predicted octanol–water partition coefficient (Wildman–Crippen LogP) is 2.11. The molecule has 0 aromatic heterocycles. The van der Waals surface area contributed by atoms with Crippen LogP contribution in [0.4, 0.5) is 0 Å². The standard InChI is InChI=1S/C11H26N2/c1-5-9-12-11(4)8-10-13(6-2)7-3/h11-12H,5-10H2,1-4H3. The largest absolute Gasteiger partial charge is 0.314 e. The smallest absolute Gasteiger partial charge is 0.00508 e. The number of hydrogen-bond donors (Lipinski definition) is 1. The van der Waals surface area contributed by atoms with Gasteiger partial charge >= 0.3 is 0 Å². The first-order chi connectivity index (χ1) is 6.24. The molecule has 0 aliphatic rings. The molecule has 0 saturated carbocycles. The summed E-state index contributed by atoms with van der Waals surface area (Å²) in [5.41, 5.74) is 0. The van der Waals surface area contributed by atoms with E-state index in [9.17, 15) is 0 Å². The Kier molecular flexibility index (Phi) is 8.46. The van der Waals surface area contributed by atoms with Gasteiger partial charge in [-0.15, -0.1) is 0 Å². The molecule has 13 heavy (non-hydrogen) atoms. The van der Waals surface area contributed by atoms with E-state index >= 15 is 0 Å². The first-order valence-corrected chi connectivity index (χ1v) is 5.70. The Morgan fingerprint density at radius 2 is 1.77 bits per heavy atom. The Bertz CT molecular complexity index is 100. The van der Waals surface area contributed by atoms with E-state index in [1.165, 1.54) is 32.5 Å². The summed E-state index contributed by atoms with van der Waals surface area (Å²) in [4.78, 5) is 2.48. The van der Waals surface area contributed by atoms with Crippen LogP contribution in [0.1, 0.15) is 40.5 Å². The Balaban J connectivity index is 3.38. The van der Waals surface area contributed by atoms with Gasteiger partial charge in [-0.05, 0) is 45.9 Å². The van der Waals surface area contributed by atoms with Crippen LogP contribution < -0.4 is 5.32 Å². The van der Waals surface area contributed by atoms with Gasteiger partial charge in [0.05, 0.1) is 0 Å². The van der Waals surface area contributed by atoms with Crippen molar-refractivity contribution in [3.8, 4) is 0 Å². The average Bonchev–Trinajstić information content (AvgIpc) is 2.16. The second-order valence-corrected chi connectivity index (χ2v) is 3.67. The molecule has 1 atom stereocenters. The van der Waals surface area contributed by atoms with Gasteiger partial charge in [0.25, 0.3) is 0 Å². The van der Waals surface area contributed by atoms with Crippen molar-refractivity contribution in [2.75, 3.05) is 26.2 Å². The molecule has 0 saturated heterocycles. The first kappa shape index (κ1) is 12.9. The van der Waals surface area contributed by atoms with Gasteiger partial charge in [-0.2, -0.15) is 0 Å². The van der Waals surface area contributed by atoms with Crippen LogP contribution in [0.25, 0.3) is 0 Å². The molecule has 0 amide bonds. The second-order valence-electron chi connectivity index (χ2n) is 3.67. The van der Waals surface area contributed by atoms with E-state index in [0.717, 1.165) is 6.54 Å². The fraction of sp³-hybridized carbons (Fsp3) is 1.00. The van der Waals surface area contributed by atoms with Gasteiger partial charge in [0.1, 0.15) is 0 Å². The lowest BCUT2D eigenvalue weighted by molar-refractivity contribution is 0.284. The van der Waals surface area contributed by atoms with Crippen LogP contribution in [0.3, 0.4) is 0 Å². The molecule has 1 unspecified atom stereocenters. The molecule has 0 aromatic carbocycles. The number of hydrogen-bond acceptors (Lipinski definition) is 2. The van der Waals surface area contributed by atoms with Crippen molar-refractivity contribution in [2.24, 2.45) is 0 Å². The Hall–Kier alpha value is -0.0800. The molecule has 0 radical (unpaired) electrons. The van der Waals surface area contributed by atoms with Crippen molar-refractivity contribution >= 4 is 0 Å². The quantitative estimate of drug-likeness (QED) is 0.624. The SMILES string of the molecule is CCCNC(C)CCN(CC)CC. The van der Waals surface area contributed by atoms with Crippen LogP contribution in [-0.2, 0) is 0 Å². The molecule has 2 heteroatoms. The zero-order chi connectivity index (χ0) is 10.1. The Morgan fingerprint density at radius 3 is 2.23 bits per heavy atom. The van der Waals surface area contributed by atoms with E-state index < -0.39 is 0 Å². The molecule has 0 heterocycles. The third-order valence-corrected chi connectivity index (χ3v) is 2.52. The maximum atomic E-state index is 3.51. The summed E-state index contributed by atoms with van der Waals surface area (Å²) in [5.74, 6) is 0. The summed E-state index contributed by atoms with van der Waals surface area (Å²) < 4.78 is 0. The molecular formula is C11H26N2. The molecule has 1 N–H and O–H groups in total. The zero-order valence-corrected chi connectivity index (χ0v) is 9.77. The first-order valence-electron chi connectivity index (χ1n) is 5.70. The van der Waals surface area contributed by atoms with Crippen LogP contribution in [0.15, 0.2) is 0 Å². The molecule has 0 spiro atoms.